The molecule has 1 amide bonds. The van der Waals surface area contributed by atoms with Gasteiger partial charge in [-0.25, -0.2) is 0 Å². The van der Waals surface area contributed by atoms with Crippen LogP contribution in [0, 0.1) is 0 Å². The normalized spacial score (nSPS) is 24.4. The number of likely N-dealkylation sites (N-methyl/N-ethyl adjacent to an activating group) is 1. The first kappa shape index (κ1) is 20.4. The molecule has 0 aliphatic carbocycles. The van der Waals surface area contributed by atoms with Crippen LogP contribution in [0.1, 0.15) is 24.8 Å². The summed E-state index contributed by atoms with van der Waals surface area (Å²) in [6.45, 7) is 0.924. The van der Waals surface area contributed by atoms with Gasteiger partial charge in [-0.05, 0) is 30.5 Å². The van der Waals surface area contributed by atoms with Crippen molar-refractivity contribution in [3.8, 4) is 5.75 Å². The topological polar surface area (TPSA) is 68.2 Å². The van der Waals surface area contributed by atoms with Crippen LogP contribution in [0.15, 0.2) is 36.4 Å². The van der Waals surface area contributed by atoms with E-state index in [1.165, 1.54) is 4.90 Å². The maximum absolute atomic E-state index is 12.2. The first-order chi connectivity index (χ1) is 12.5. The van der Waals surface area contributed by atoms with Gasteiger partial charge in [-0.15, -0.1) is 0 Å². The lowest BCUT2D eigenvalue weighted by Gasteiger charge is -2.29. The van der Waals surface area contributed by atoms with E-state index in [1.54, 1.807) is 21.2 Å². The Morgan fingerprint density at radius 2 is 1.92 bits per heavy atom. The lowest BCUT2D eigenvalue weighted by atomic mass is 10.0. The Bertz CT molecular complexity index is 584. The minimum atomic E-state index is -0.645. The van der Waals surface area contributed by atoms with Crippen LogP contribution in [-0.4, -0.2) is 62.0 Å². The van der Waals surface area contributed by atoms with E-state index >= 15 is 0 Å². The van der Waals surface area contributed by atoms with Gasteiger partial charge in [0.2, 0.25) is 0 Å². The quantitative estimate of drug-likeness (QED) is 0.594. The molecule has 1 aromatic carbocycles. The van der Waals surface area contributed by atoms with Crippen molar-refractivity contribution in [3.05, 3.63) is 42.0 Å². The van der Waals surface area contributed by atoms with Crippen molar-refractivity contribution in [3.63, 3.8) is 0 Å². The number of methoxy groups -OCH3 is 1. The molecule has 144 valence electrons. The highest BCUT2D eigenvalue weighted by Crippen LogP contribution is 2.19. The molecule has 1 N–H and O–H groups in total. The number of hydrogen-bond donors (Lipinski definition) is 1. The van der Waals surface area contributed by atoms with Crippen LogP contribution in [-0.2, 0) is 20.9 Å². The number of benzene rings is 1. The maximum atomic E-state index is 12.2. The minimum absolute atomic E-state index is 0.0899. The van der Waals surface area contributed by atoms with Crippen LogP contribution in [0.5, 0.6) is 5.75 Å². The average molecular weight is 363 g/mol. The molecule has 0 saturated heterocycles. The average Bonchev–Trinajstić information content (AvgIpc) is 2.63. The fourth-order valence-electron chi connectivity index (χ4n) is 2.78. The van der Waals surface area contributed by atoms with Crippen LogP contribution in [0.25, 0.3) is 0 Å². The summed E-state index contributed by atoms with van der Waals surface area (Å²) in [5, 5.41) is 10.3. The molecule has 0 bridgehead atoms. The Balaban J connectivity index is 1.84. The Morgan fingerprint density at radius 3 is 2.58 bits per heavy atom. The zero-order valence-corrected chi connectivity index (χ0v) is 15.8. The number of amides is 1. The number of carbonyl (C=O) groups excluding carboxylic acids is 1. The van der Waals surface area contributed by atoms with E-state index in [0.29, 0.717) is 32.5 Å². The van der Waals surface area contributed by atoms with Crippen molar-refractivity contribution in [2.45, 2.75) is 44.2 Å². The third kappa shape index (κ3) is 6.12. The van der Waals surface area contributed by atoms with E-state index in [4.69, 9.17) is 14.2 Å². The summed E-state index contributed by atoms with van der Waals surface area (Å²) < 4.78 is 16.8. The molecule has 1 aliphatic rings. The van der Waals surface area contributed by atoms with Crippen molar-refractivity contribution in [2.24, 2.45) is 0 Å². The monoisotopic (exact) mass is 363 g/mol. The van der Waals surface area contributed by atoms with Crippen LogP contribution in [0.4, 0.5) is 0 Å². The van der Waals surface area contributed by atoms with Crippen molar-refractivity contribution < 1.29 is 24.1 Å². The molecule has 0 spiro atoms. The molecule has 3 atom stereocenters. The molecule has 1 aliphatic heterocycles. The molecule has 2 rings (SSSR count). The van der Waals surface area contributed by atoms with E-state index in [9.17, 15) is 9.90 Å². The van der Waals surface area contributed by atoms with Gasteiger partial charge in [0.05, 0.1) is 25.9 Å². The number of nitrogens with zero attached hydrogens (tertiary/aromatic N) is 1. The van der Waals surface area contributed by atoms with Gasteiger partial charge in [-0.2, -0.15) is 0 Å². The third-order valence-corrected chi connectivity index (χ3v) is 4.35. The van der Waals surface area contributed by atoms with Gasteiger partial charge < -0.3 is 24.2 Å². The zero-order chi connectivity index (χ0) is 18.9. The van der Waals surface area contributed by atoms with Crippen LogP contribution >= 0.6 is 0 Å². The molecule has 1 aromatic rings. The standard InChI is InChI=1S/C20H29NO5/c1-21(2)20(23)19-7-5-4-6-17(22)18(26-19)12-13-25-14-15-8-10-16(24-3)11-9-15/h4-5,8-11,17-19,22H,6-7,12-14H2,1-3H3/b5-4-/t17-,18+,19+/m1/s1. The number of aliphatic hydroxyl groups is 1. The van der Waals surface area contributed by atoms with Gasteiger partial charge in [0.15, 0.2) is 0 Å². The molecule has 26 heavy (non-hydrogen) atoms. The van der Waals surface area contributed by atoms with E-state index < -0.39 is 18.3 Å². The molecular weight excluding hydrogens is 334 g/mol. The van der Waals surface area contributed by atoms with Crippen LogP contribution < -0.4 is 4.74 Å². The predicted molar refractivity (Wildman–Crippen MR) is 99.0 cm³/mol. The SMILES string of the molecule is COc1ccc(COCC[C@@H]2O[C@H](C(=O)N(C)C)C/C=C\C[C@H]2O)cc1. The van der Waals surface area contributed by atoms with Crippen molar-refractivity contribution in [2.75, 3.05) is 27.8 Å². The summed E-state index contributed by atoms with van der Waals surface area (Å²) in [6, 6.07) is 7.70. The van der Waals surface area contributed by atoms with Gasteiger partial charge in [-0.3, -0.25) is 4.79 Å². The van der Waals surface area contributed by atoms with Crippen LogP contribution in [0.2, 0.25) is 0 Å². The second-order valence-corrected chi connectivity index (χ2v) is 6.60. The molecule has 0 radical (unpaired) electrons. The summed E-state index contributed by atoms with van der Waals surface area (Å²) in [7, 11) is 5.05. The van der Waals surface area contributed by atoms with E-state index in [-0.39, 0.29) is 5.91 Å². The number of carbonyl (C=O) groups is 1. The summed E-state index contributed by atoms with van der Waals surface area (Å²) in [5.41, 5.74) is 1.05. The van der Waals surface area contributed by atoms with Crippen LogP contribution in [0.3, 0.4) is 0 Å². The van der Waals surface area contributed by atoms with Crippen molar-refractivity contribution >= 4 is 5.91 Å². The van der Waals surface area contributed by atoms with Gasteiger partial charge in [0.1, 0.15) is 11.9 Å². The molecule has 0 unspecified atom stereocenters. The Morgan fingerprint density at radius 1 is 1.23 bits per heavy atom. The second-order valence-electron chi connectivity index (χ2n) is 6.60. The van der Waals surface area contributed by atoms with Gasteiger partial charge in [0.25, 0.3) is 5.91 Å². The van der Waals surface area contributed by atoms with Crippen molar-refractivity contribution in [1.29, 1.82) is 0 Å². The summed E-state index contributed by atoms with van der Waals surface area (Å²) in [6.07, 6.45) is 3.74. The highest BCUT2D eigenvalue weighted by atomic mass is 16.5. The molecule has 0 saturated carbocycles. The van der Waals surface area contributed by atoms with E-state index in [1.807, 2.05) is 36.4 Å². The summed E-state index contributed by atoms with van der Waals surface area (Å²) in [4.78, 5) is 13.7. The molecule has 1 heterocycles. The summed E-state index contributed by atoms with van der Waals surface area (Å²) in [5.74, 6) is 0.720. The van der Waals surface area contributed by atoms with Gasteiger partial charge in [-0.1, -0.05) is 24.3 Å². The van der Waals surface area contributed by atoms with Crippen molar-refractivity contribution in [1.82, 2.24) is 4.90 Å². The maximum Gasteiger partial charge on any atom is 0.251 e. The highest BCUT2D eigenvalue weighted by molar-refractivity contribution is 5.80. The van der Waals surface area contributed by atoms with E-state index in [2.05, 4.69) is 0 Å². The highest BCUT2D eigenvalue weighted by Gasteiger charge is 2.29. The summed E-state index contributed by atoms with van der Waals surface area (Å²) >= 11 is 0. The fraction of sp³-hybridized carbons (Fsp3) is 0.550. The number of aliphatic hydroxyl groups excluding tert-OH is 1. The van der Waals surface area contributed by atoms with Gasteiger partial charge >= 0.3 is 0 Å². The number of hydrogen-bond acceptors (Lipinski definition) is 5. The Hall–Kier alpha value is -1.89. The zero-order valence-electron chi connectivity index (χ0n) is 15.8. The fourth-order valence-corrected chi connectivity index (χ4v) is 2.78. The molecule has 0 aromatic heterocycles. The molecular formula is C20H29NO5. The van der Waals surface area contributed by atoms with Gasteiger partial charge in [0, 0.05) is 27.1 Å². The Kier molecular flexibility index (Phi) is 8.09. The lowest BCUT2D eigenvalue weighted by molar-refractivity contribution is -0.152. The lowest BCUT2D eigenvalue weighted by Crippen LogP contribution is -2.42. The minimum Gasteiger partial charge on any atom is -0.497 e. The largest absolute Gasteiger partial charge is 0.497 e. The molecule has 6 heteroatoms. The third-order valence-electron chi connectivity index (χ3n) is 4.35. The predicted octanol–water partition coefficient (Wildman–Crippen LogP) is 2.15. The smallest absolute Gasteiger partial charge is 0.251 e. The number of ether oxygens (including phenoxy) is 3. The second kappa shape index (κ2) is 10.3. The Labute approximate surface area is 155 Å². The first-order valence-corrected chi connectivity index (χ1v) is 8.91. The number of rotatable bonds is 7. The molecule has 6 nitrogen and oxygen atoms in total. The molecule has 0 fully saturated rings. The van der Waals surface area contributed by atoms with E-state index in [0.717, 1.165) is 11.3 Å². The first-order valence-electron chi connectivity index (χ1n) is 8.91.